The van der Waals surface area contributed by atoms with Gasteiger partial charge in [-0.1, -0.05) is 6.07 Å². The van der Waals surface area contributed by atoms with E-state index in [1.807, 2.05) is 13.0 Å². The second-order valence-electron chi connectivity index (χ2n) is 8.33. The number of benzene rings is 1. The Kier molecular flexibility index (Phi) is 6.22. The van der Waals surface area contributed by atoms with Gasteiger partial charge in [0.05, 0.1) is 17.0 Å². The number of nitrogens with one attached hydrogen (secondary N) is 1. The molecule has 0 saturated carbocycles. The lowest BCUT2D eigenvalue weighted by atomic mass is 9.95. The summed E-state index contributed by atoms with van der Waals surface area (Å²) in [7, 11) is 0. The van der Waals surface area contributed by atoms with Crippen LogP contribution in [-0.4, -0.2) is 44.6 Å². The van der Waals surface area contributed by atoms with Gasteiger partial charge in [-0.15, -0.1) is 0 Å². The van der Waals surface area contributed by atoms with E-state index in [9.17, 15) is 18.4 Å². The average molecular weight is 453 g/mol. The quantitative estimate of drug-likeness (QED) is 0.649. The van der Waals surface area contributed by atoms with E-state index < -0.39 is 11.6 Å². The number of rotatable bonds is 4. The second-order valence-corrected chi connectivity index (χ2v) is 8.33. The highest BCUT2D eigenvalue weighted by Gasteiger charge is 2.31. The molecule has 1 N–H and O–H groups in total. The molecule has 1 fully saturated rings. The third kappa shape index (κ3) is 4.62. The number of anilines is 1. The molecule has 1 aliphatic rings. The van der Waals surface area contributed by atoms with Crippen molar-refractivity contribution in [3.05, 3.63) is 70.7 Å². The number of piperidine rings is 1. The highest BCUT2D eigenvalue weighted by molar-refractivity contribution is 5.97. The van der Waals surface area contributed by atoms with Gasteiger partial charge in [-0.2, -0.15) is 5.10 Å². The molecule has 33 heavy (non-hydrogen) atoms. The van der Waals surface area contributed by atoms with Crippen LogP contribution in [0.1, 0.15) is 40.2 Å². The predicted octanol–water partition coefficient (Wildman–Crippen LogP) is 3.96. The van der Waals surface area contributed by atoms with Gasteiger partial charge >= 0.3 is 0 Å². The lowest BCUT2D eigenvalue weighted by Crippen LogP contribution is -2.41. The topological polar surface area (TPSA) is 80.1 Å². The van der Waals surface area contributed by atoms with Crippen molar-refractivity contribution in [1.82, 2.24) is 19.7 Å². The zero-order chi connectivity index (χ0) is 23.7. The molecule has 1 aliphatic heterocycles. The molecule has 172 valence electrons. The Morgan fingerprint density at radius 3 is 2.42 bits per heavy atom. The first-order valence-corrected chi connectivity index (χ1v) is 10.8. The molecule has 2 aromatic heterocycles. The molecule has 1 saturated heterocycles. The fraction of sp³-hybridized carbons (Fsp3) is 0.333. The van der Waals surface area contributed by atoms with E-state index in [4.69, 9.17) is 0 Å². The fourth-order valence-corrected chi connectivity index (χ4v) is 4.11. The van der Waals surface area contributed by atoms with E-state index >= 15 is 0 Å². The third-order valence-corrected chi connectivity index (χ3v) is 5.96. The van der Waals surface area contributed by atoms with E-state index in [1.54, 1.807) is 31.0 Å². The van der Waals surface area contributed by atoms with E-state index in [2.05, 4.69) is 15.4 Å². The maximum Gasteiger partial charge on any atom is 0.257 e. The number of pyridine rings is 1. The summed E-state index contributed by atoms with van der Waals surface area (Å²) in [5, 5.41) is 7.15. The largest absolute Gasteiger partial charge is 0.338 e. The summed E-state index contributed by atoms with van der Waals surface area (Å²) in [6.45, 7) is 6.15. The van der Waals surface area contributed by atoms with Crippen LogP contribution in [0.25, 0.3) is 5.69 Å². The summed E-state index contributed by atoms with van der Waals surface area (Å²) in [4.78, 5) is 31.7. The van der Waals surface area contributed by atoms with Crippen molar-refractivity contribution in [1.29, 1.82) is 0 Å². The molecule has 7 nitrogen and oxygen atoms in total. The lowest BCUT2D eigenvalue weighted by Gasteiger charge is -2.31. The van der Waals surface area contributed by atoms with Crippen LogP contribution in [0.15, 0.2) is 36.5 Å². The number of likely N-dealkylation sites (tertiary alicyclic amines) is 1. The molecule has 0 radical (unpaired) electrons. The van der Waals surface area contributed by atoms with Crippen molar-refractivity contribution in [2.75, 3.05) is 18.4 Å². The maximum absolute atomic E-state index is 14.3. The standard InChI is InChI=1S/C24H25F2N5O2/c1-14-4-7-21(27-13-14)28-23(32)17-8-10-30(11-9-17)24(33)22-15(2)29-31(16(22)3)20-6-5-18(25)12-19(20)26/h4-7,12-13,17H,8-11H2,1-3H3,(H,27,28,32). The van der Waals surface area contributed by atoms with E-state index in [0.29, 0.717) is 48.7 Å². The summed E-state index contributed by atoms with van der Waals surface area (Å²) in [5.41, 5.74) is 2.43. The van der Waals surface area contributed by atoms with Crippen molar-refractivity contribution >= 4 is 17.6 Å². The summed E-state index contributed by atoms with van der Waals surface area (Å²) in [6, 6.07) is 6.88. The number of hydrogen-bond acceptors (Lipinski definition) is 4. The highest BCUT2D eigenvalue weighted by Crippen LogP contribution is 2.25. The molecule has 0 unspecified atom stereocenters. The van der Waals surface area contributed by atoms with E-state index in [1.165, 1.54) is 10.7 Å². The molecule has 1 aromatic carbocycles. The number of carbonyl (C=O) groups is 2. The number of amides is 2. The van der Waals surface area contributed by atoms with Crippen molar-refractivity contribution < 1.29 is 18.4 Å². The molecule has 4 rings (SSSR count). The molecule has 2 amide bonds. The van der Waals surface area contributed by atoms with Crippen LogP contribution in [0.3, 0.4) is 0 Å². The van der Waals surface area contributed by atoms with E-state index in [-0.39, 0.29) is 23.4 Å². The van der Waals surface area contributed by atoms with Gasteiger partial charge in [-0.05, 0) is 57.4 Å². The van der Waals surface area contributed by atoms with Gasteiger partial charge in [0.2, 0.25) is 5.91 Å². The summed E-state index contributed by atoms with van der Waals surface area (Å²) in [5.74, 6) is -1.46. The van der Waals surface area contributed by atoms with Gasteiger partial charge in [0.15, 0.2) is 5.82 Å². The molecule has 0 aliphatic carbocycles. The number of halogens is 2. The normalized spacial score (nSPS) is 14.4. The van der Waals surface area contributed by atoms with Crippen LogP contribution in [0.2, 0.25) is 0 Å². The smallest absolute Gasteiger partial charge is 0.257 e. The third-order valence-electron chi connectivity index (χ3n) is 5.96. The van der Waals surface area contributed by atoms with Crippen LogP contribution in [0, 0.1) is 38.3 Å². The first kappa shape index (κ1) is 22.6. The Morgan fingerprint density at radius 1 is 1.06 bits per heavy atom. The molecular formula is C24H25F2N5O2. The van der Waals surface area contributed by atoms with Crippen molar-refractivity contribution in [2.45, 2.75) is 33.6 Å². The summed E-state index contributed by atoms with van der Waals surface area (Å²) in [6.07, 6.45) is 2.75. The van der Waals surface area contributed by atoms with Crippen molar-refractivity contribution in [3.63, 3.8) is 0 Å². The summed E-state index contributed by atoms with van der Waals surface area (Å²) >= 11 is 0. The Morgan fingerprint density at radius 2 is 1.79 bits per heavy atom. The molecule has 9 heteroatoms. The van der Waals surface area contributed by atoms with Crippen molar-refractivity contribution in [2.24, 2.45) is 5.92 Å². The zero-order valence-electron chi connectivity index (χ0n) is 18.7. The van der Waals surface area contributed by atoms with Crippen LogP contribution < -0.4 is 5.32 Å². The Hall–Kier alpha value is -3.62. The number of hydrogen-bond donors (Lipinski definition) is 1. The number of aryl methyl sites for hydroxylation is 2. The van der Waals surface area contributed by atoms with Gasteiger partial charge < -0.3 is 10.2 Å². The van der Waals surface area contributed by atoms with Crippen LogP contribution in [0.5, 0.6) is 0 Å². The van der Waals surface area contributed by atoms with Crippen LogP contribution in [0.4, 0.5) is 14.6 Å². The van der Waals surface area contributed by atoms with Gasteiger partial charge in [-0.25, -0.2) is 18.4 Å². The minimum Gasteiger partial charge on any atom is -0.338 e. The van der Waals surface area contributed by atoms with Gasteiger partial charge in [0.25, 0.3) is 5.91 Å². The van der Waals surface area contributed by atoms with Crippen molar-refractivity contribution in [3.8, 4) is 5.69 Å². The first-order valence-electron chi connectivity index (χ1n) is 10.8. The lowest BCUT2D eigenvalue weighted by molar-refractivity contribution is -0.121. The first-order chi connectivity index (χ1) is 15.7. The maximum atomic E-state index is 14.3. The van der Waals surface area contributed by atoms with Crippen LogP contribution in [-0.2, 0) is 4.79 Å². The Bertz CT molecular complexity index is 1200. The molecule has 0 spiro atoms. The highest BCUT2D eigenvalue weighted by atomic mass is 19.1. The molecular weight excluding hydrogens is 428 g/mol. The number of carbonyl (C=O) groups excluding carboxylic acids is 2. The van der Waals surface area contributed by atoms with Gasteiger partial charge in [-0.3, -0.25) is 9.59 Å². The molecule has 0 bridgehead atoms. The fourth-order valence-electron chi connectivity index (χ4n) is 4.11. The average Bonchev–Trinajstić information content (AvgIpc) is 3.08. The SMILES string of the molecule is Cc1ccc(NC(=O)C2CCN(C(=O)c3c(C)nn(-c4ccc(F)cc4F)c3C)CC2)nc1. The summed E-state index contributed by atoms with van der Waals surface area (Å²) < 4.78 is 28.9. The minimum atomic E-state index is -0.755. The number of nitrogens with zero attached hydrogens (tertiary/aromatic N) is 4. The van der Waals surface area contributed by atoms with E-state index in [0.717, 1.165) is 17.7 Å². The predicted molar refractivity (Wildman–Crippen MR) is 119 cm³/mol. The number of aromatic nitrogens is 3. The monoisotopic (exact) mass is 453 g/mol. The minimum absolute atomic E-state index is 0.0798. The Labute approximate surface area is 190 Å². The second kappa shape index (κ2) is 9.09. The Balaban J connectivity index is 1.44. The zero-order valence-corrected chi connectivity index (χ0v) is 18.7. The molecule has 3 aromatic rings. The molecule has 3 heterocycles. The van der Waals surface area contributed by atoms with Gasteiger partial charge in [0, 0.05) is 31.3 Å². The molecule has 0 atom stereocenters. The van der Waals surface area contributed by atoms with Crippen LogP contribution >= 0.6 is 0 Å². The van der Waals surface area contributed by atoms with Gasteiger partial charge in [0.1, 0.15) is 17.3 Å².